The Morgan fingerprint density at radius 2 is 1.71 bits per heavy atom. The molecule has 0 saturated heterocycles. The molecular formula is C22H21Cl2NO3. The number of rotatable bonds is 7. The van der Waals surface area contributed by atoms with Crippen molar-refractivity contribution in [1.29, 1.82) is 0 Å². The maximum atomic E-state index is 10.9. The summed E-state index contributed by atoms with van der Waals surface area (Å²) < 4.78 is 10.7. The number of hydrogen-bond donors (Lipinski definition) is 2. The molecule has 6 heteroatoms. The van der Waals surface area contributed by atoms with E-state index in [1.54, 1.807) is 38.5 Å². The molecule has 146 valence electrons. The Bertz CT molecular complexity index is 962. The number of halogens is 2. The lowest BCUT2D eigenvalue weighted by Crippen LogP contribution is -2.08. The molecule has 0 bridgehead atoms. The smallest absolute Gasteiger partial charge is 0.127 e. The van der Waals surface area contributed by atoms with Gasteiger partial charge in [-0.25, -0.2) is 0 Å². The van der Waals surface area contributed by atoms with Crippen LogP contribution in [0, 0.1) is 0 Å². The van der Waals surface area contributed by atoms with E-state index in [-0.39, 0.29) is 0 Å². The van der Waals surface area contributed by atoms with Gasteiger partial charge in [0.05, 0.1) is 14.2 Å². The molecular weight excluding hydrogens is 397 g/mol. The van der Waals surface area contributed by atoms with Crippen LogP contribution in [0.2, 0.25) is 10.0 Å². The predicted molar refractivity (Wildman–Crippen MR) is 114 cm³/mol. The monoisotopic (exact) mass is 417 g/mol. The summed E-state index contributed by atoms with van der Waals surface area (Å²) in [7, 11) is 3.23. The zero-order chi connectivity index (χ0) is 20.1. The van der Waals surface area contributed by atoms with Gasteiger partial charge < -0.3 is 19.9 Å². The number of ether oxygens (including phenoxy) is 2. The van der Waals surface area contributed by atoms with Crippen LogP contribution in [0.1, 0.15) is 22.8 Å². The molecule has 0 radical (unpaired) electrons. The van der Waals surface area contributed by atoms with E-state index in [2.05, 4.69) is 5.32 Å². The first-order valence-corrected chi connectivity index (χ1v) is 9.45. The Labute approximate surface area is 174 Å². The summed E-state index contributed by atoms with van der Waals surface area (Å²) in [6, 6.07) is 18.2. The Kier molecular flexibility index (Phi) is 6.68. The number of aliphatic hydroxyl groups is 1. The summed E-state index contributed by atoms with van der Waals surface area (Å²) in [6.45, 7) is 0.497. The number of benzene rings is 3. The molecule has 4 nitrogen and oxygen atoms in total. The lowest BCUT2D eigenvalue weighted by molar-refractivity contribution is 0.221. The van der Waals surface area contributed by atoms with Gasteiger partial charge in [-0.1, -0.05) is 41.4 Å². The summed E-state index contributed by atoms with van der Waals surface area (Å²) in [4.78, 5) is 0. The highest BCUT2D eigenvalue weighted by molar-refractivity contribution is 6.31. The van der Waals surface area contributed by atoms with Gasteiger partial charge in [0.1, 0.15) is 17.6 Å². The van der Waals surface area contributed by atoms with Crippen molar-refractivity contribution in [1.82, 2.24) is 0 Å². The zero-order valence-corrected chi connectivity index (χ0v) is 17.1. The molecule has 1 atom stereocenters. The lowest BCUT2D eigenvalue weighted by atomic mass is 9.99. The molecule has 28 heavy (non-hydrogen) atoms. The molecule has 0 fully saturated rings. The molecule has 0 aliphatic rings. The van der Waals surface area contributed by atoms with Crippen LogP contribution in [-0.2, 0) is 6.54 Å². The number of hydrogen-bond acceptors (Lipinski definition) is 4. The minimum atomic E-state index is -0.910. The lowest BCUT2D eigenvalue weighted by Gasteiger charge is -2.19. The van der Waals surface area contributed by atoms with Crippen molar-refractivity contribution in [3.63, 3.8) is 0 Å². The standard InChI is InChI=1S/C22H21Cl2NO3/c1-27-16-9-7-14(21(12-16)28-2)13-25-20-10-8-15(23)11-18(20)22(26)17-5-3-4-6-19(17)24/h3-12,22,25-26H,13H2,1-2H3. The van der Waals surface area contributed by atoms with Gasteiger partial charge in [-0.3, -0.25) is 0 Å². The highest BCUT2D eigenvalue weighted by Crippen LogP contribution is 2.34. The van der Waals surface area contributed by atoms with Gasteiger partial charge in [0.25, 0.3) is 0 Å². The average Bonchev–Trinajstić information content (AvgIpc) is 2.72. The molecule has 3 aromatic rings. The van der Waals surface area contributed by atoms with Gasteiger partial charge >= 0.3 is 0 Å². The Balaban J connectivity index is 1.89. The van der Waals surface area contributed by atoms with Gasteiger partial charge in [-0.05, 0) is 36.4 Å². The van der Waals surface area contributed by atoms with Crippen molar-refractivity contribution in [2.75, 3.05) is 19.5 Å². The van der Waals surface area contributed by atoms with Crippen LogP contribution in [0.25, 0.3) is 0 Å². The number of aliphatic hydroxyl groups excluding tert-OH is 1. The number of nitrogens with one attached hydrogen (secondary N) is 1. The van der Waals surface area contributed by atoms with Gasteiger partial charge in [0.15, 0.2) is 0 Å². The van der Waals surface area contributed by atoms with Crippen LogP contribution in [0.5, 0.6) is 11.5 Å². The first-order chi connectivity index (χ1) is 13.5. The molecule has 1 unspecified atom stereocenters. The molecule has 0 aliphatic heterocycles. The van der Waals surface area contributed by atoms with Crippen LogP contribution >= 0.6 is 23.2 Å². The second-order valence-corrected chi connectivity index (χ2v) is 7.03. The summed E-state index contributed by atoms with van der Waals surface area (Å²) in [5.74, 6) is 1.44. The summed E-state index contributed by atoms with van der Waals surface area (Å²) in [5.41, 5.74) is 2.98. The SMILES string of the molecule is COc1ccc(CNc2ccc(Cl)cc2C(O)c2ccccc2Cl)c(OC)c1. The van der Waals surface area contributed by atoms with E-state index < -0.39 is 6.10 Å². The topological polar surface area (TPSA) is 50.7 Å². The minimum Gasteiger partial charge on any atom is -0.497 e. The van der Waals surface area contributed by atoms with Crippen molar-refractivity contribution in [3.05, 3.63) is 87.4 Å². The van der Waals surface area contributed by atoms with Crippen LogP contribution < -0.4 is 14.8 Å². The van der Waals surface area contributed by atoms with Crippen LogP contribution in [0.4, 0.5) is 5.69 Å². The highest BCUT2D eigenvalue weighted by atomic mass is 35.5. The van der Waals surface area contributed by atoms with E-state index in [9.17, 15) is 5.11 Å². The molecule has 3 rings (SSSR count). The molecule has 0 heterocycles. The highest BCUT2D eigenvalue weighted by Gasteiger charge is 2.18. The zero-order valence-electron chi connectivity index (χ0n) is 15.6. The molecule has 0 aromatic heterocycles. The summed E-state index contributed by atoms with van der Waals surface area (Å²) >= 11 is 12.4. The fraction of sp³-hybridized carbons (Fsp3) is 0.182. The maximum Gasteiger partial charge on any atom is 0.127 e. The second kappa shape index (κ2) is 9.20. The minimum absolute atomic E-state index is 0.497. The maximum absolute atomic E-state index is 10.9. The largest absolute Gasteiger partial charge is 0.497 e. The number of methoxy groups -OCH3 is 2. The molecule has 0 aliphatic carbocycles. The average molecular weight is 418 g/mol. The van der Waals surface area contributed by atoms with E-state index in [1.807, 2.05) is 36.4 Å². The van der Waals surface area contributed by atoms with Crippen molar-refractivity contribution in [2.45, 2.75) is 12.6 Å². The molecule has 2 N–H and O–H groups in total. The van der Waals surface area contributed by atoms with Crippen LogP contribution in [0.15, 0.2) is 60.7 Å². The summed E-state index contributed by atoms with van der Waals surface area (Å²) in [6.07, 6.45) is -0.910. The Hall–Kier alpha value is -2.40. The second-order valence-electron chi connectivity index (χ2n) is 6.19. The first kappa shape index (κ1) is 20.3. The molecule has 0 saturated carbocycles. The van der Waals surface area contributed by atoms with Gasteiger partial charge in [0, 0.05) is 45.0 Å². The van der Waals surface area contributed by atoms with Gasteiger partial charge in [-0.2, -0.15) is 0 Å². The third-order valence-corrected chi connectivity index (χ3v) is 5.05. The van der Waals surface area contributed by atoms with Crippen LogP contribution in [-0.4, -0.2) is 19.3 Å². The summed E-state index contributed by atoms with van der Waals surface area (Å²) in [5, 5.41) is 15.3. The fourth-order valence-corrected chi connectivity index (χ4v) is 3.39. The Morgan fingerprint density at radius 3 is 2.43 bits per heavy atom. The number of anilines is 1. The quantitative estimate of drug-likeness (QED) is 0.517. The van der Waals surface area contributed by atoms with E-state index in [0.717, 1.165) is 17.0 Å². The van der Waals surface area contributed by atoms with E-state index in [0.29, 0.717) is 33.5 Å². The van der Waals surface area contributed by atoms with Crippen molar-refractivity contribution < 1.29 is 14.6 Å². The van der Waals surface area contributed by atoms with E-state index in [1.165, 1.54) is 0 Å². The van der Waals surface area contributed by atoms with Crippen molar-refractivity contribution >= 4 is 28.9 Å². The van der Waals surface area contributed by atoms with Crippen molar-refractivity contribution in [3.8, 4) is 11.5 Å². The molecule has 0 amide bonds. The van der Waals surface area contributed by atoms with Gasteiger partial charge in [-0.15, -0.1) is 0 Å². The van der Waals surface area contributed by atoms with Gasteiger partial charge in [0.2, 0.25) is 0 Å². The normalized spacial score (nSPS) is 11.8. The third kappa shape index (κ3) is 4.53. The third-order valence-electron chi connectivity index (χ3n) is 4.47. The molecule has 3 aromatic carbocycles. The fourth-order valence-electron chi connectivity index (χ4n) is 2.97. The van der Waals surface area contributed by atoms with Crippen molar-refractivity contribution in [2.24, 2.45) is 0 Å². The Morgan fingerprint density at radius 1 is 0.929 bits per heavy atom. The molecule has 0 spiro atoms. The van der Waals surface area contributed by atoms with E-state index >= 15 is 0 Å². The first-order valence-electron chi connectivity index (χ1n) is 8.70. The van der Waals surface area contributed by atoms with Crippen LogP contribution in [0.3, 0.4) is 0 Å². The van der Waals surface area contributed by atoms with E-state index in [4.69, 9.17) is 32.7 Å². The predicted octanol–water partition coefficient (Wildman–Crippen LogP) is 5.70.